The Morgan fingerprint density at radius 3 is 2.44 bits per heavy atom. The smallest absolute Gasteiger partial charge is 0.335 e. The summed E-state index contributed by atoms with van der Waals surface area (Å²) in [6, 6.07) is 25.0. The van der Waals surface area contributed by atoms with Crippen LogP contribution in [0.3, 0.4) is 0 Å². The molecule has 5 rings (SSSR count). The molecule has 0 saturated carbocycles. The van der Waals surface area contributed by atoms with E-state index < -0.39 is 5.97 Å². The maximum Gasteiger partial charge on any atom is 0.335 e. The predicted octanol–water partition coefficient (Wildman–Crippen LogP) is 5.11. The van der Waals surface area contributed by atoms with Crippen LogP contribution >= 0.6 is 0 Å². The zero-order chi connectivity index (χ0) is 22.1. The van der Waals surface area contributed by atoms with E-state index in [0.29, 0.717) is 12.1 Å². The molecule has 6 nitrogen and oxygen atoms in total. The van der Waals surface area contributed by atoms with Crippen molar-refractivity contribution in [1.82, 2.24) is 14.1 Å². The molecule has 0 spiro atoms. The van der Waals surface area contributed by atoms with E-state index in [1.54, 1.807) is 36.8 Å². The van der Waals surface area contributed by atoms with Gasteiger partial charge in [0, 0.05) is 41.2 Å². The van der Waals surface area contributed by atoms with E-state index in [4.69, 9.17) is 5.26 Å². The topological polar surface area (TPSA) is 83.8 Å². The molecule has 5 aromatic rings. The molecule has 32 heavy (non-hydrogen) atoms. The van der Waals surface area contributed by atoms with Crippen molar-refractivity contribution < 1.29 is 9.90 Å². The summed E-state index contributed by atoms with van der Waals surface area (Å²) in [7, 11) is 0. The highest BCUT2D eigenvalue weighted by molar-refractivity contribution is 5.95. The fourth-order valence-corrected chi connectivity index (χ4v) is 3.88. The molecule has 2 aromatic heterocycles. The number of aromatic nitrogens is 3. The first kappa shape index (κ1) is 19.3. The first-order valence-corrected chi connectivity index (χ1v) is 10.1. The van der Waals surface area contributed by atoms with Crippen LogP contribution in [-0.2, 0) is 6.54 Å². The Morgan fingerprint density at radius 1 is 1.00 bits per heavy atom. The van der Waals surface area contributed by atoms with Crippen molar-refractivity contribution in [2.24, 2.45) is 0 Å². The monoisotopic (exact) mass is 418 g/mol. The summed E-state index contributed by atoms with van der Waals surface area (Å²) in [6.45, 7) is 0.552. The van der Waals surface area contributed by atoms with Gasteiger partial charge in [-0.05, 0) is 53.6 Å². The van der Waals surface area contributed by atoms with Gasteiger partial charge in [0.2, 0.25) is 0 Å². The van der Waals surface area contributed by atoms with Gasteiger partial charge >= 0.3 is 5.97 Å². The number of aromatic carboxylic acids is 1. The van der Waals surface area contributed by atoms with Gasteiger partial charge in [0.15, 0.2) is 0 Å². The number of rotatable bonds is 5. The van der Waals surface area contributed by atoms with Crippen LogP contribution in [0.5, 0.6) is 0 Å². The summed E-state index contributed by atoms with van der Waals surface area (Å²) >= 11 is 0. The average molecular weight is 418 g/mol. The van der Waals surface area contributed by atoms with Gasteiger partial charge in [0.25, 0.3) is 0 Å². The van der Waals surface area contributed by atoms with Gasteiger partial charge in [-0.2, -0.15) is 5.26 Å². The molecule has 0 radical (unpaired) electrons. The van der Waals surface area contributed by atoms with Crippen LogP contribution in [0.4, 0.5) is 0 Å². The van der Waals surface area contributed by atoms with Crippen molar-refractivity contribution in [2.75, 3.05) is 0 Å². The summed E-state index contributed by atoms with van der Waals surface area (Å²) in [5, 5.41) is 19.5. The SMILES string of the molecule is N#Cc1ccc(Cn2c(-c3ccc(-n4ccnc4)cc3)cc3ccc(C(=O)O)cc32)cc1. The van der Waals surface area contributed by atoms with E-state index in [1.165, 1.54) is 0 Å². The lowest BCUT2D eigenvalue weighted by atomic mass is 10.1. The molecule has 0 atom stereocenters. The number of carbonyl (C=O) groups is 1. The zero-order valence-corrected chi connectivity index (χ0v) is 17.0. The lowest BCUT2D eigenvalue weighted by Gasteiger charge is -2.13. The number of hydrogen-bond acceptors (Lipinski definition) is 3. The molecule has 0 fully saturated rings. The van der Waals surface area contributed by atoms with Crippen molar-refractivity contribution >= 4 is 16.9 Å². The summed E-state index contributed by atoms with van der Waals surface area (Å²) in [5.74, 6) is -0.954. The Labute approximate surface area is 184 Å². The van der Waals surface area contributed by atoms with Crippen LogP contribution in [-0.4, -0.2) is 25.2 Å². The number of fused-ring (bicyclic) bond motifs is 1. The maximum absolute atomic E-state index is 11.6. The van der Waals surface area contributed by atoms with E-state index in [0.717, 1.165) is 33.4 Å². The average Bonchev–Trinajstić information content (AvgIpc) is 3.48. The fraction of sp³-hybridized carbons (Fsp3) is 0.0385. The number of nitrogens with zero attached hydrogens (tertiary/aromatic N) is 4. The van der Waals surface area contributed by atoms with E-state index in [-0.39, 0.29) is 5.56 Å². The number of hydrogen-bond donors (Lipinski definition) is 1. The van der Waals surface area contributed by atoms with Crippen molar-refractivity contribution in [2.45, 2.75) is 6.54 Å². The van der Waals surface area contributed by atoms with Crippen molar-refractivity contribution in [3.8, 4) is 23.0 Å². The fourth-order valence-electron chi connectivity index (χ4n) is 3.88. The summed E-state index contributed by atoms with van der Waals surface area (Å²) in [4.78, 5) is 15.7. The molecule has 0 unspecified atom stereocenters. The molecule has 0 amide bonds. The first-order chi connectivity index (χ1) is 15.6. The largest absolute Gasteiger partial charge is 0.478 e. The van der Waals surface area contributed by atoms with Gasteiger partial charge in [0.1, 0.15) is 0 Å². The van der Waals surface area contributed by atoms with Gasteiger partial charge in [-0.15, -0.1) is 0 Å². The molecule has 2 heterocycles. The highest BCUT2D eigenvalue weighted by atomic mass is 16.4. The molecule has 154 valence electrons. The molecule has 6 heteroatoms. The minimum atomic E-state index is -0.954. The molecule has 0 bridgehead atoms. The van der Waals surface area contributed by atoms with E-state index in [9.17, 15) is 9.90 Å². The molecule has 0 aliphatic heterocycles. The van der Waals surface area contributed by atoms with Gasteiger partial charge in [-0.3, -0.25) is 0 Å². The van der Waals surface area contributed by atoms with Crippen molar-refractivity contribution in [1.29, 1.82) is 5.26 Å². The molecular weight excluding hydrogens is 400 g/mol. The second-order valence-electron chi connectivity index (χ2n) is 7.52. The lowest BCUT2D eigenvalue weighted by Crippen LogP contribution is -2.03. The number of imidazole rings is 1. The van der Waals surface area contributed by atoms with E-state index in [1.807, 2.05) is 41.1 Å². The standard InChI is InChI=1S/C26H18N4O2/c27-15-18-1-3-19(4-2-18)16-30-24(13-21-5-6-22(26(31)32)14-25(21)30)20-7-9-23(10-8-20)29-12-11-28-17-29/h1-14,17H,16H2,(H,31,32). The molecule has 0 saturated heterocycles. The number of carboxylic acids is 1. The van der Waals surface area contributed by atoms with Crippen molar-refractivity contribution in [3.63, 3.8) is 0 Å². The Balaban J connectivity index is 1.63. The van der Waals surface area contributed by atoms with Gasteiger partial charge in [0.05, 0.1) is 23.5 Å². The van der Waals surface area contributed by atoms with Crippen LogP contribution < -0.4 is 0 Å². The van der Waals surface area contributed by atoms with Gasteiger partial charge in [-0.1, -0.05) is 30.3 Å². The quantitative estimate of drug-likeness (QED) is 0.430. The van der Waals surface area contributed by atoms with Crippen LogP contribution in [0.2, 0.25) is 0 Å². The number of carboxylic acid groups (broad SMARTS) is 1. The lowest BCUT2D eigenvalue weighted by molar-refractivity contribution is 0.0697. The molecule has 3 aromatic carbocycles. The second kappa shape index (κ2) is 7.89. The first-order valence-electron chi connectivity index (χ1n) is 10.1. The Kier molecular flexibility index (Phi) is 4.77. The van der Waals surface area contributed by atoms with Crippen molar-refractivity contribution in [3.05, 3.63) is 108 Å². The summed E-state index contributed by atoms with van der Waals surface area (Å²) in [6.07, 6.45) is 5.39. The third-order valence-corrected chi connectivity index (χ3v) is 5.54. The highest BCUT2D eigenvalue weighted by Crippen LogP contribution is 2.31. The third-order valence-electron chi connectivity index (χ3n) is 5.54. The minimum Gasteiger partial charge on any atom is -0.478 e. The van der Waals surface area contributed by atoms with Gasteiger partial charge < -0.3 is 14.2 Å². The Bertz CT molecular complexity index is 1460. The number of nitriles is 1. The molecule has 0 aliphatic carbocycles. The van der Waals surface area contributed by atoms with E-state index >= 15 is 0 Å². The maximum atomic E-state index is 11.6. The van der Waals surface area contributed by atoms with E-state index in [2.05, 4.69) is 33.8 Å². The highest BCUT2D eigenvalue weighted by Gasteiger charge is 2.14. The molecule has 0 aliphatic rings. The summed E-state index contributed by atoms with van der Waals surface area (Å²) < 4.78 is 4.06. The molecule has 1 N–H and O–H groups in total. The Hall–Kier alpha value is -4.63. The summed E-state index contributed by atoms with van der Waals surface area (Å²) in [5.41, 5.74) is 5.75. The van der Waals surface area contributed by atoms with Crippen LogP contribution in [0.25, 0.3) is 27.8 Å². The predicted molar refractivity (Wildman–Crippen MR) is 122 cm³/mol. The van der Waals surface area contributed by atoms with Crippen LogP contribution in [0.1, 0.15) is 21.5 Å². The normalized spacial score (nSPS) is 10.8. The zero-order valence-electron chi connectivity index (χ0n) is 17.0. The number of benzene rings is 3. The van der Waals surface area contributed by atoms with Crippen LogP contribution in [0.15, 0.2) is 91.5 Å². The Morgan fingerprint density at radius 2 is 1.78 bits per heavy atom. The third kappa shape index (κ3) is 3.53. The molecular formula is C26H18N4O2. The van der Waals surface area contributed by atoms with Crippen LogP contribution in [0, 0.1) is 11.3 Å². The van der Waals surface area contributed by atoms with Gasteiger partial charge in [-0.25, -0.2) is 9.78 Å². The minimum absolute atomic E-state index is 0.249. The second-order valence-corrected chi connectivity index (χ2v) is 7.52.